The van der Waals surface area contributed by atoms with Crippen LogP contribution in [0.5, 0.6) is 0 Å². The Morgan fingerprint density at radius 1 is 0.875 bits per heavy atom. The fourth-order valence-electron chi connectivity index (χ4n) is 3.32. The van der Waals surface area contributed by atoms with E-state index in [9.17, 15) is 0 Å². The van der Waals surface area contributed by atoms with Crippen LogP contribution in [0.3, 0.4) is 0 Å². The van der Waals surface area contributed by atoms with Gasteiger partial charge in [-0.25, -0.2) is 0 Å². The minimum atomic E-state index is 0.897. The van der Waals surface area contributed by atoms with Gasteiger partial charge in [0.25, 0.3) is 0 Å². The van der Waals surface area contributed by atoms with Gasteiger partial charge in [-0.3, -0.25) is 4.90 Å². The summed E-state index contributed by atoms with van der Waals surface area (Å²) >= 11 is 0. The molecule has 1 aliphatic carbocycles. The second-order valence-electron chi connectivity index (χ2n) is 6.15. The molecule has 0 unspecified atom stereocenters. The molecule has 2 aliphatic rings. The molecule has 0 radical (unpaired) electrons. The monoisotopic (exact) mass is 224 g/mol. The van der Waals surface area contributed by atoms with E-state index in [0.717, 1.165) is 17.9 Å². The summed E-state index contributed by atoms with van der Waals surface area (Å²) in [6, 6.07) is 0.906. The maximum atomic E-state index is 2.75. The summed E-state index contributed by atoms with van der Waals surface area (Å²) in [6.45, 7) is 9.91. The average Bonchev–Trinajstić information content (AvgIpc) is 2.30. The molecule has 2 fully saturated rings. The summed E-state index contributed by atoms with van der Waals surface area (Å²) in [7, 11) is 2.24. The lowest BCUT2D eigenvalue weighted by Gasteiger charge is -2.41. The number of piperazine rings is 1. The van der Waals surface area contributed by atoms with Crippen molar-refractivity contribution in [2.75, 3.05) is 33.2 Å². The van der Waals surface area contributed by atoms with Crippen LogP contribution in [-0.4, -0.2) is 49.1 Å². The van der Waals surface area contributed by atoms with Gasteiger partial charge < -0.3 is 4.90 Å². The smallest absolute Gasteiger partial charge is 0.0113 e. The van der Waals surface area contributed by atoms with Crippen LogP contribution in [-0.2, 0) is 0 Å². The summed E-state index contributed by atoms with van der Waals surface area (Å²) in [5.74, 6) is 1.90. The fraction of sp³-hybridized carbons (Fsp3) is 1.00. The second kappa shape index (κ2) is 5.50. The molecule has 1 heterocycles. The highest BCUT2D eigenvalue weighted by Gasteiger charge is 2.28. The summed E-state index contributed by atoms with van der Waals surface area (Å²) in [4.78, 5) is 5.20. The number of hydrogen-bond donors (Lipinski definition) is 0. The summed E-state index contributed by atoms with van der Waals surface area (Å²) < 4.78 is 0. The van der Waals surface area contributed by atoms with Crippen molar-refractivity contribution in [1.29, 1.82) is 0 Å². The average molecular weight is 224 g/mol. The number of hydrogen-bond acceptors (Lipinski definition) is 2. The highest BCUT2D eigenvalue weighted by Crippen LogP contribution is 2.32. The Kier molecular flexibility index (Phi) is 4.26. The molecular formula is C14H28N2. The van der Waals surface area contributed by atoms with Gasteiger partial charge in [-0.05, 0) is 44.6 Å². The van der Waals surface area contributed by atoms with Crippen LogP contribution in [0.4, 0.5) is 0 Å². The van der Waals surface area contributed by atoms with E-state index in [0.29, 0.717) is 0 Å². The van der Waals surface area contributed by atoms with Gasteiger partial charge in [0.1, 0.15) is 0 Å². The van der Waals surface area contributed by atoms with Crippen LogP contribution >= 0.6 is 0 Å². The fourth-order valence-corrected chi connectivity index (χ4v) is 3.32. The van der Waals surface area contributed by atoms with Crippen LogP contribution in [0.15, 0.2) is 0 Å². The van der Waals surface area contributed by atoms with Crippen molar-refractivity contribution in [3.63, 3.8) is 0 Å². The molecule has 0 bridgehead atoms. The van der Waals surface area contributed by atoms with Gasteiger partial charge in [0.2, 0.25) is 0 Å². The van der Waals surface area contributed by atoms with Crippen molar-refractivity contribution in [1.82, 2.24) is 9.80 Å². The van der Waals surface area contributed by atoms with Crippen LogP contribution in [0.25, 0.3) is 0 Å². The van der Waals surface area contributed by atoms with Gasteiger partial charge in [0, 0.05) is 32.2 Å². The van der Waals surface area contributed by atoms with Gasteiger partial charge in [0.05, 0.1) is 0 Å². The number of nitrogens with zero attached hydrogens (tertiary/aromatic N) is 2. The van der Waals surface area contributed by atoms with Crippen LogP contribution in [0.2, 0.25) is 0 Å². The molecule has 94 valence electrons. The SMILES string of the molecule is CC(C)[C@H]1CC[C@H](N2CCN(C)CC2)CC1. The van der Waals surface area contributed by atoms with E-state index in [1.807, 2.05) is 0 Å². The molecule has 0 aromatic rings. The van der Waals surface area contributed by atoms with E-state index >= 15 is 0 Å². The Morgan fingerprint density at radius 3 is 1.94 bits per heavy atom. The molecule has 0 N–H and O–H groups in total. The lowest BCUT2D eigenvalue weighted by molar-refractivity contribution is 0.0752. The normalized spacial score (nSPS) is 34.5. The Bertz CT molecular complexity index is 199. The molecule has 0 amide bonds. The van der Waals surface area contributed by atoms with E-state index < -0.39 is 0 Å². The largest absolute Gasteiger partial charge is 0.304 e. The van der Waals surface area contributed by atoms with Crippen LogP contribution in [0, 0.1) is 11.8 Å². The van der Waals surface area contributed by atoms with Crippen molar-refractivity contribution in [2.24, 2.45) is 11.8 Å². The minimum absolute atomic E-state index is 0.897. The Morgan fingerprint density at radius 2 is 1.44 bits per heavy atom. The van der Waals surface area contributed by atoms with Crippen molar-refractivity contribution in [2.45, 2.75) is 45.6 Å². The number of likely N-dealkylation sites (N-methyl/N-ethyl adjacent to an activating group) is 1. The first-order valence-electron chi connectivity index (χ1n) is 7.09. The first-order chi connectivity index (χ1) is 7.66. The molecule has 0 spiro atoms. The molecule has 1 saturated heterocycles. The van der Waals surface area contributed by atoms with Gasteiger partial charge in [-0.15, -0.1) is 0 Å². The second-order valence-corrected chi connectivity index (χ2v) is 6.15. The van der Waals surface area contributed by atoms with Crippen molar-refractivity contribution < 1.29 is 0 Å². The zero-order valence-corrected chi connectivity index (χ0v) is 11.3. The number of rotatable bonds is 2. The van der Waals surface area contributed by atoms with E-state index in [1.165, 1.54) is 51.9 Å². The van der Waals surface area contributed by atoms with Crippen molar-refractivity contribution in [3.05, 3.63) is 0 Å². The minimum Gasteiger partial charge on any atom is -0.304 e. The maximum absolute atomic E-state index is 2.75. The van der Waals surface area contributed by atoms with Crippen molar-refractivity contribution >= 4 is 0 Å². The molecular weight excluding hydrogens is 196 g/mol. The lowest BCUT2D eigenvalue weighted by Crippen LogP contribution is -2.50. The molecule has 0 aromatic heterocycles. The van der Waals surface area contributed by atoms with Crippen molar-refractivity contribution in [3.8, 4) is 0 Å². The highest BCUT2D eigenvalue weighted by molar-refractivity contribution is 4.83. The van der Waals surface area contributed by atoms with E-state index in [2.05, 4.69) is 30.7 Å². The molecule has 0 aromatic carbocycles. The summed E-state index contributed by atoms with van der Waals surface area (Å²) in [5.41, 5.74) is 0. The Balaban J connectivity index is 1.76. The molecule has 2 rings (SSSR count). The van der Waals surface area contributed by atoms with Gasteiger partial charge >= 0.3 is 0 Å². The molecule has 2 nitrogen and oxygen atoms in total. The highest BCUT2D eigenvalue weighted by atomic mass is 15.3. The van der Waals surface area contributed by atoms with E-state index in [4.69, 9.17) is 0 Å². The maximum Gasteiger partial charge on any atom is 0.0113 e. The van der Waals surface area contributed by atoms with Gasteiger partial charge in [-0.2, -0.15) is 0 Å². The third-order valence-corrected chi connectivity index (χ3v) is 4.74. The third kappa shape index (κ3) is 2.98. The van der Waals surface area contributed by atoms with Crippen LogP contribution in [0.1, 0.15) is 39.5 Å². The van der Waals surface area contributed by atoms with E-state index in [-0.39, 0.29) is 0 Å². The first-order valence-corrected chi connectivity index (χ1v) is 7.09. The molecule has 1 saturated carbocycles. The topological polar surface area (TPSA) is 6.48 Å². The zero-order valence-electron chi connectivity index (χ0n) is 11.3. The predicted molar refractivity (Wildman–Crippen MR) is 69.7 cm³/mol. The van der Waals surface area contributed by atoms with Gasteiger partial charge in [-0.1, -0.05) is 13.8 Å². The molecule has 16 heavy (non-hydrogen) atoms. The molecule has 0 atom stereocenters. The quantitative estimate of drug-likeness (QED) is 0.711. The molecule has 2 heteroatoms. The summed E-state index contributed by atoms with van der Waals surface area (Å²) in [6.07, 6.45) is 5.84. The lowest BCUT2D eigenvalue weighted by atomic mass is 9.79. The Hall–Kier alpha value is -0.0800. The van der Waals surface area contributed by atoms with Gasteiger partial charge in [0.15, 0.2) is 0 Å². The first kappa shape index (κ1) is 12.4. The third-order valence-electron chi connectivity index (χ3n) is 4.74. The van der Waals surface area contributed by atoms with E-state index in [1.54, 1.807) is 0 Å². The predicted octanol–water partition coefficient (Wildman–Crippen LogP) is 2.45. The van der Waals surface area contributed by atoms with Crippen LogP contribution < -0.4 is 0 Å². The standard InChI is InChI=1S/C14H28N2/c1-12(2)13-4-6-14(7-5-13)16-10-8-15(3)9-11-16/h12-14H,4-11H2,1-3H3/t13-,14-. The summed E-state index contributed by atoms with van der Waals surface area (Å²) in [5, 5.41) is 0. The Labute approximate surface area is 101 Å². The molecule has 1 aliphatic heterocycles. The zero-order chi connectivity index (χ0) is 11.5.